The summed E-state index contributed by atoms with van der Waals surface area (Å²) < 4.78 is 22.7. The van der Waals surface area contributed by atoms with Crippen molar-refractivity contribution in [3.63, 3.8) is 0 Å². The number of ether oxygens (including phenoxy) is 4. The summed E-state index contributed by atoms with van der Waals surface area (Å²) in [6.45, 7) is 6.95. The van der Waals surface area contributed by atoms with E-state index in [9.17, 15) is 4.79 Å². The van der Waals surface area contributed by atoms with Gasteiger partial charge in [0.2, 0.25) is 5.78 Å². The maximum atomic E-state index is 12.9. The van der Waals surface area contributed by atoms with Gasteiger partial charge in [0.15, 0.2) is 12.6 Å². The third-order valence-corrected chi connectivity index (χ3v) is 4.98. The van der Waals surface area contributed by atoms with Gasteiger partial charge in [0, 0.05) is 21.7 Å². The highest BCUT2D eigenvalue weighted by Gasteiger charge is 2.31. The van der Waals surface area contributed by atoms with Gasteiger partial charge in [0.25, 0.3) is 0 Å². The first-order valence-electron chi connectivity index (χ1n) is 9.31. The van der Waals surface area contributed by atoms with Crippen LogP contribution >= 0.6 is 11.6 Å². The van der Waals surface area contributed by atoms with Crippen LogP contribution < -0.4 is 14.2 Å². The molecule has 2 aromatic carbocycles. The Kier molecular flexibility index (Phi) is 5.35. The molecule has 0 aliphatic carbocycles. The lowest BCUT2D eigenvalue weighted by atomic mass is 10.0. The number of rotatable bonds is 4. The number of carbonyl (C=O) groups is 1. The molecule has 2 aliphatic heterocycles. The third kappa shape index (κ3) is 3.88. The van der Waals surface area contributed by atoms with Crippen LogP contribution in [-0.4, -0.2) is 19.2 Å². The molecule has 0 saturated heterocycles. The van der Waals surface area contributed by atoms with Crippen molar-refractivity contribution in [3.8, 4) is 17.2 Å². The Balaban J connectivity index is 1.66. The van der Waals surface area contributed by atoms with E-state index in [1.807, 2.05) is 26.8 Å². The molecule has 2 aliphatic rings. The van der Waals surface area contributed by atoms with E-state index >= 15 is 0 Å². The Morgan fingerprint density at radius 1 is 1.24 bits per heavy atom. The highest BCUT2D eigenvalue weighted by Crippen LogP contribution is 2.40. The van der Waals surface area contributed by atoms with Crippen molar-refractivity contribution >= 4 is 23.5 Å². The van der Waals surface area contributed by atoms with Crippen LogP contribution in [0.5, 0.6) is 17.2 Å². The van der Waals surface area contributed by atoms with Crippen molar-refractivity contribution in [2.45, 2.75) is 27.4 Å². The SMILES string of the molecule is CC(C)=CCOc1ccc2c(c1C)O/C(=C\c1cc(Cl)cc3c1OCOC3)C2=O. The molecule has 0 unspecified atom stereocenters. The highest BCUT2D eigenvalue weighted by atomic mass is 35.5. The van der Waals surface area contributed by atoms with Crippen LogP contribution in [0.4, 0.5) is 0 Å². The maximum Gasteiger partial charge on any atom is 0.231 e. The largest absolute Gasteiger partial charge is 0.489 e. The molecular weight excluding hydrogens is 392 g/mol. The van der Waals surface area contributed by atoms with Crippen LogP contribution in [-0.2, 0) is 11.3 Å². The molecule has 150 valence electrons. The van der Waals surface area contributed by atoms with Crippen molar-refractivity contribution in [1.29, 1.82) is 0 Å². The van der Waals surface area contributed by atoms with E-state index in [1.165, 1.54) is 5.57 Å². The molecule has 5 nitrogen and oxygen atoms in total. The average molecular weight is 413 g/mol. The normalized spacial score (nSPS) is 16.0. The lowest BCUT2D eigenvalue weighted by Gasteiger charge is -2.20. The Bertz CT molecular complexity index is 1050. The van der Waals surface area contributed by atoms with Gasteiger partial charge in [0.05, 0.1) is 12.2 Å². The monoisotopic (exact) mass is 412 g/mol. The fraction of sp³-hybridized carbons (Fsp3) is 0.261. The summed E-state index contributed by atoms with van der Waals surface area (Å²) in [5.74, 6) is 1.92. The number of Topliss-reactive ketones (excluding diaryl/α,β-unsaturated/α-hetero) is 1. The second-order valence-corrected chi connectivity index (χ2v) is 7.63. The fourth-order valence-electron chi connectivity index (χ4n) is 3.28. The average Bonchev–Trinajstić information content (AvgIpc) is 3.00. The molecule has 29 heavy (non-hydrogen) atoms. The van der Waals surface area contributed by atoms with Gasteiger partial charge >= 0.3 is 0 Å². The van der Waals surface area contributed by atoms with Crippen LogP contribution in [0.3, 0.4) is 0 Å². The molecule has 0 saturated carbocycles. The van der Waals surface area contributed by atoms with Gasteiger partial charge in [-0.05, 0) is 57.2 Å². The molecule has 0 fully saturated rings. The van der Waals surface area contributed by atoms with Gasteiger partial charge < -0.3 is 18.9 Å². The molecule has 0 bridgehead atoms. The summed E-state index contributed by atoms with van der Waals surface area (Å²) in [6.07, 6.45) is 3.66. The summed E-state index contributed by atoms with van der Waals surface area (Å²) >= 11 is 6.22. The molecule has 0 radical (unpaired) electrons. The van der Waals surface area contributed by atoms with Gasteiger partial charge in [0.1, 0.15) is 23.9 Å². The van der Waals surface area contributed by atoms with Gasteiger partial charge in [-0.3, -0.25) is 4.79 Å². The van der Waals surface area contributed by atoms with Crippen molar-refractivity contribution in [3.05, 3.63) is 69.0 Å². The maximum absolute atomic E-state index is 12.9. The summed E-state index contributed by atoms with van der Waals surface area (Å²) in [4.78, 5) is 12.9. The van der Waals surface area contributed by atoms with Crippen LogP contribution in [0.25, 0.3) is 6.08 Å². The minimum atomic E-state index is -0.181. The van der Waals surface area contributed by atoms with Gasteiger partial charge in [-0.25, -0.2) is 0 Å². The highest BCUT2D eigenvalue weighted by molar-refractivity contribution is 6.31. The first-order chi connectivity index (χ1) is 13.9. The molecule has 0 N–H and O–H groups in total. The zero-order valence-corrected chi connectivity index (χ0v) is 17.3. The summed E-state index contributed by atoms with van der Waals surface area (Å²) in [5, 5.41) is 0.541. The summed E-state index contributed by atoms with van der Waals surface area (Å²) in [6, 6.07) is 7.09. The number of hydrogen-bond donors (Lipinski definition) is 0. The Labute approximate surface area is 174 Å². The van der Waals surface area contributed by atoms with Crippen molar-refractivity contribution in [2.75, 3.05) is 13.4 Å². The van der Waals surface area contributed by atoms with E-state index < -0.39 is 0 Å². The zero-order valence-electron chi connectivity index (χ0n) is 16.5. The van der Waals surface area contributed by atoms with Gasteiger partial charge in [-0.1, -0.05) is 17.2 Å². The lowest BCUT2D eigenvalue weighted by molar-refractivity contribution is -0.0165. The minimum absolute atomic E-state index is 0.158. The molecule has 2 heterocycles. The molecule has 0 amide bonds. The van der Waals surface area contributed by atoms with E-state index in [-0.39, 0.29) is 18.3 Å². The van der Waals surface area contributed by atoms with Crippen LogP contribution in [0, 0.1) is 6.92 Å². The smallest absolute Gasteiger partial charge is 0.231 e. The molecule has 0 aromatic heterocycles. The second-order valence-electron chi connectivity index (χ2n) is 7.19. The first-order valence-corrected chi connectivity index (χ1v) is 9.69. The number of fused-ring (bicyclic) bond motifs is 2. The van der Waals surface area contributed by atoms with Gasteiger partial charge in [-0.15, -0.1) is 0 Å². The molecule has 4 rings (SSSR count). The lowest BCUT2D eigenvalue weighted by Crippen LogP contribution is -2.12. The van der Waals surface area contributed by atoms with Gasteiger partial charge in [-0.2, -0.15) is 0 Å². The predicted molar refractivity (Wildman–Crippen MR) is 111 cm³/mol. The van der Waals surface area contributed by atoms with E-state index in [4.69, 9.17) is 30.5 Å². The van der Waals surface area contributed by atoms with Crippen molar-refractivity contribution in [2.24, 2.45) is 0 Å². The summed E-state index contributed by atoms with van der Waals surface area (Å²) in [7, 11) is 0. The van der Waals surface area contributed by atoms with E-state index in [0.29, 0.717) is 46.6 Å². The predicted octanol–water partition coefficient (Wildman–Crippen LogP) is 5.48. The molecular formula is C23H21ClO5. The fourth-order valence-corrected chi connectivity index (χ4v) is 3.53. The number of halogens is 1. The van der Waals surface area contributed by atoms with Crippen LogP contribution in [0.1, 0.15) is 40.9 Å². The number of hydrogen-bond acceptors (Lipinski definition) is 5. The number of ketones is 1. The van der Waals surface area contributed by atoms with Crippen molar-refractivity contribution < 1.29 is 23.7 Å². The minimum Gasteiger partial charge on any atom is -0.489 e. The topological polar surface area (TPSA) is 54.0 Å². The second kappa shape index (κ2) is 7.93. The summed E-state index contributed by atoms with van der Waals surface area (Å²) in [5.41, 5.74) is 4.01. The first kappa shape index (κ1) is 19.6. The van der Waals surface area contributed by atoms with Crippen molar-refractivity contribution in [1.82, 2.24) is 0 Å². The number of benzene rings is 2. The van der Waals surface area contributed by atoms with Crippen LogP contribution in [0.15, 0.2) is 41.7 Å². The quantitative estimate of drug-likeness (QED) is 0.492. The molecule has 0 spiro atoms. The Morgan fingerprint density at radius 2 is 2.07 bits per heavy atom. The number of allylic oxidation sites excluding steroid dienone is 2. The van der Waals surface area contributed by atoms with Crippen LogP contribution in [0.2, 0.25) is 5.02 Å². The third-order valence-electron chi connectivity index (χ3n) is 4.76. The molecule has 6 heteroatoms. The number of carbonyl (C=O) groups excluding carboxylic acids is 1. The van der Waals surface area contributed by atoms with E-state index in [0.717, 1.165) is 11.1 Å². The molecule has 0 atom stereocenters. The van der Waals surface area contributed by atoms with E-state index in [2.05, 4.69) is 0 Å². The Hall–Kier alpha value is -2.76. The zero-order chi connectivity index (χ0) is 20.5. The van der Waals surface area contributed by atoms with E-state index in [1.54, 1.807) is 30.3 Å². The Morgan fingerprint density at radius 3 is 2.86 bits per heavy atom. The standard InChI is InChI=1S/C23H21ClO5/c1-13(2)6-7-27-19-5-4-18-21(25)20(29-22(18)14(19)3)10-15-8-17(24)9-16-11-26-12-28-23(15)16/h4-6,8-10H,7,11-12H2,1-3H3/b20-10-. The molecule has 2 aromatic rings.